The van der Waals surface area contributed by atoms with Crippen molar-refractivity contribution in [2.45, 2.75) is 13.0 Å². The topological polar surface area (TPSA) is 104 Å². The normalized spacial score (nSPS) is 16.1. The van der Waals surface area contributed by atoms with Gasteiger partial charge in [-0.1, -0.05) is 12.1 Å². The van der Waals surface area contributed by atoms with Gasteiger partial charge in [0.15, 0.2) is 17.5 Å². The largest absolute Gasteiger partial charge is 0.490 e. The lowest BCUT2D eigenvalue weighted by molar-refractivity contribution is -0.123. The van der Waals surface area contributed by atoms with E-state index >= 15 is 0 Å². The molecule has 1 saturated heterocycles. The first kappa shape index (κ1) is 21.5. The molecule has 32 heavy (non-hydrogen) atoms. The molecule has 0 spiro atoms. The molecule has 2 aliphatic heterocycles. The van der Waals surface area contributed by atoms with E-state index in [1.54, 1.807) is 24.1 Å². The third-order valence-corrected chi connectivity index (χ3v) is 5.22. The summed E-state index contributed by atoms with van der Waals surface area (Å²) in [7, 11) is 1.70. The summed E-state index contributed by atoms with van der Waals surface area (Å²) in [5, 5.41) is 9.24. The van der Waals surface area contributed by atoms with Crippen molar-refractivity contribution in [2.24, 2.45) is 4.99 Å². The van der Waals surface area contributed by atoms with Crippen molar-refractivity contribution >= 4 is 23.5 Å². The molecule has 2 aromatic rings. The van der Waals surface area contributed by atoms with Gasteiger partial charge in [-0.15, -0.1) is 0 Å². The molecule has 2 aromatic carbocycles. The number of anilines is 1. The van der Waals surface area contributed by atoms with Gasteiger partial charge in [-0.2, -0.15) is 0 Å². The Balaban J connectivity index is 1.33. The summed E-state index contributed by atoms with van der Waals surface area (Å²) in [5.41, 5.74) is 2.41. The van der Waals surface area contributed by atoms with E-state index in [0.29, 0.717) is 44.4 Å². The Hall–Kier alpha value is -3.75. The average molecular weight is 438 g/mol. The van der Waals surface area contributed by atoms with Gasteiger partial charge in [0.25, 0.3) is 5.91 Å². The van der Waals surface area contributed by atoms with Crippen LogP contribution in [-0.4, -0.2) is 62.6 Å². The van der Waals surface area contributed by atoms with Crippen LogP contribution in [-0.2, 0) is 11.3 Å². The number of nitrogens with zero attached hydrogens (tertiary/aromatic N) is 2. The second kappa shape index (κ2) is 10.0. The molecule has 9 nitrogen and oxygen atoms in total. The van der Waals surface area contributed by atoms with E-state index in [-0.39, 0.29) is 18.4 Å². The highest BCUT2D eigenvalue weighted by molar-refractivity contribution is 5.97. The Morgan fingerprint density at radius 1 is 1.12 bits per heavy atom. The van der Waals surface area contributed by atoms with Gasteiger partial charge < -0.3 is 30.3 Å². The fraction of sp³-hybridized carbons (Fsp3) is 0.348. The zero-order valence-corrected chi connectivity index (χ0v) is 18.0. The fourth-order valence-corrected chi connectivity index (χ4v) is 3.50. The Labute approximate surface area is 186 Å². The maximum absolute atomic E-state index is 12.6. The van der Waals surface area contributed by atoms with Crippen LogP contribution >= 0.6 is 0 Å². The first-order valence-corrected chi connectivity index (χ1v) is 10.6. The van der Waals surface area contributed by atoms with Crippen LogP contribution in [0.2, 0.25) is 0 Å². The zero-order chi connectivity index (χ0) is 22.3. The molecule has 4 rings (SSSR count). The zero-order valence-electron chi connectivity index (χ0n) is 18.0. The number of amides is 2. The minimum Gasteiger partial charge on any atom is -0.490 e. The van der Waals surface area contributed by atoms with Gasteiger partial charge in [0.1, 0.15) is 0 Å². The number of guanidine groups is 1. The van der Waals surface area contributed by atoms with Crippen LogP contribution in [0.1, 0.15) is 22.3 Å². The van der Waals surface area contributed by atoms with Crippen molar-refractivity contribution in [2.75, 3.05) is 45.2 Å². The highest BCUT2D eigenvalue weighted by atomic mass is 16.5. The molecule has 0 bridgehead atoms. The van der Waals surface area contributed by atoms with Crippen LogP contribution in [0, 0.1) is 0 Å². The van der Waals surface area contributed by atoms with E-state index in [1.807, 2.05) is 30.3 Å². The Morgan fingerprint density at radius 3 is 2.66 bits per heavy atom. The average Bonchev–Trinajstić information content (AvgIpc) is 3.06. The van der Waals surface area contributed by atoms with Crippen molar-refractivity contribution < 1.29 is 19.1 Å². The Bertz CT molecular complexity index is 1010. The number of piperazine rings is 1. The molecule has 2 amide bonds. The smallest absolute Gasteiger partial charge is 0.254 e. The number of fused-ring (bicyclic) bond motifs is 1. The van der Waals surface area contributed by atoms with Gasteiger partial charge in [0.2, 0.25) is 5.91 Å². The summed E-state index contributed by atoms with van der Waals surface area (Å²) >= 11 is 0. The van der Waals surface area contributed by atoms with E-state index < -0.39 is 0 Å². The molecule has 0 radical (unpaired) electrons. The molecule has 0 atom stereocenters. The SMILES string of the molecule is CN=C(NCc1ccc(C(=O)N2CCNC(=O)C2)cc1)Nc1ccc2c(c1)OCCCO2. The number of rotatable bonds is 4. The number of carbonyl (C=O) groups excluding carboxylic acids is 2. The van der Waals surface area contributed by atoms with Crippen LogP contribution in [0.15, 0.2) is 47.5 Å². The number of hydrogen-bond acceptors (Lipinski definition) is 5. The number of hydrogen-bond donors (Lipinski definition) is 3. The monoisotopic (exact) mass is 437 g/mol. The van der Waals surface area contributed by atoms with Gasteiger partial charge in [-0.05, 0) is 29.8 Å². The maximum atomic E-state index is 12.6. The molecule has 2 heterocycles. The predicted octanol–water partition coefficient (Wildman–Crippen LogP) is 1.61. The van der Waals surface area contributed by atoms with Crippen molar-refractivity contribution in [3.63, 3.8) is 0 Å². The molecule has 0 unspecified atom stereocenters. The van der Waals surface area contributed by atoms with Crippen LogP contribution in [0.3, 0.4) is 0 Å². The van der Waals surface area contributed by atoms with E-state index in [1.165, 1.54) is 0 Å². The van der Waals surface area contributed by atoms with Crippen molar-refractivity contribution in [1.29, 1.82) is 0 Å². The summed E-state index contributed by atoms with van der Waals surface area (Å²) in [4.78, 5) is 29.9. The highest BCUT2D eigenvalue weighted by Crippen LogP contribution is 2.32. The molecule has 3 N–H and O–H groups in total. The molecular formula is C23H27N5O4. The summed E-state index contributed by atoms with van der Waals surface area (Å²) in [5.74, 6) is 1.81. The number of aliphatic imine (C=N–C) groups is 1. The second-order valence-corrected chi connectivity index (χ2v) is 7.54. The lowest BCUT2D eigenvalue weighted by atomic mass is 10.1. The number of nitrogens with one attached hydrogen (secondary N) is 3. The molecule has 168 valence electrons. The van der Waals surface area contributed by atoms with Gasteiger partial charge in [0, 0.05) is 50.4 Å². The Kier molecular flexibility index (Phi) is 6.74. The quantitative estimate of drug-likeness (QED) is 0.496. The molecule has 0 saturated carbocycles. The predicted molar refractivity (Wildman–Crippen MR) is 121 cm³/mol. The number of ether oxygens (including phenoxy) is 2. The van der Waals surface area contributed by atoms with Crippen molar-refractivity contribution in [1.82, 2.24) is 15.5 Å². The second-order valence-electron chi connectivity index (χ2n) is 7.54. The highest BCUT2D eigenvalue weighted by Gasteiger charge is 2.22. The minimum absolute atomic E-state index is 0.101. The standard InChI is InChI=1S/C23H27N5O4/c1-24-23(27-18-7-8-19-20(13-18)32-12-2-11-31-19)26-14-16-3-5-17(6-4-16)22(30)28-10-9-25-21(29)15-28/h3-8,13H,2,9-12,14-15H2,1H3,(H,25,29)(H2,24,26,27). The Morgan fingerprint density at radius 2 is 1.91 bits per heavy atom. The van der Waals surface area contributed by atoms with Crippen LogP contribution in [0.25, 0.3) is 0 Å². The summed E-state index contributed by atoms with van der Waals surface area (Å²) in [6.07, 6.45) is 0.860. The first-order valence-electron chi connectivity index (χ1n) is 10.6. The lowest BCUT2D eigenvalue weighted by Gasteiger charge is -2.26. The third-order valence-electron chi connectivity index (χ3n) is 5.22. The fourth-order valence-electron chi connectivity index (χ4n) is 3.50. The number of carbonyl (C=O) groups is 2. The van der Waals surface area contributed by atoms with Crippen LogP contribution in [0.5, 0.6) is 11.5 Å². The van der Waals surface area contributed by atoms with Gasteiger partial charge in [-0.3, -0.25) is 14.6 Å². The van der Waals surface area contributed by atoms with Gasteiger partial charge in [0.05, 0.1) is 19.8 Å². The van der Waals surface area contributed by atoms with Crippen LogP contribution in [0.4, 0.5) is 5.69 Å². The maximum Gasteiger partial charge on any atom is 0.254 e. The number of benzene rings is 2. The summed E-state index contributed by atoms with van der Waals surface area (Å²) < 4.78 is 11.4. The summed E-state index contributed by atoms with van der Waals surface area (Å²) in [6, 6.07) is 13.1. The minimum atomic E-state index is -0.133. The molecule has 2 aliphatic rings. The first-order chi connectivity index (χ1) is 15.6. The van der Waals surface area contributed by atoms with Crippen LogP contribution < -0.4 is 25.4 Å². The van der Waals surface area contributed by atoms with Crippen molar-refractivity contribution in [3.05, 3.63) is 53.6 Å². The van der Waals surface area contributed by atoms with Gasteiger partial charge >= 0.3 is 0 Å². The van der Waals surface area contributed by atoms with E-state index in [2.05, 4.69) is 20.9 Å². The molecule has 0 aliphatic carbocycles. The summed E-state index contributed by atoms with van der Waals surface area (Å²) in [6.45, 7) is 2.93. The van der Waals surface area contributed by atoms with E-state index in [4.69, 9.17) is 9.47 Å². The van der Waals surface area contributed by atoms with E-state index in [9.17, 15) is 9.59 Å². The van der Waals surface area contributed by atoms with Crippen molar-refractivity contribution in [3.8, 4) is 11.5 Å². The molecule has 1 fully saturated rings. The third kappa shape index (κ3) is 5.29. The lowest BCUT2D eigenvalue weighted by Crippen LogP contribution is -2.49. The van der Waals surface area contributed by atoms with E-state index in [0.717, 1.165) is 29.2 Å². The molecular weight excluding hydrogens is 410 g/mol. The molecule has 9 heteroatoms. The van der Waals surface area contributed by atoms with Gasteiger partial charge in [-0.25, -0.2) is 0 Å². The molecule has 0 aromatic heterocycles.